The van der Waals surface area contributed by atoms with Gasteiger partial charge in [-0.05, 0) is 35.9 Å². The molecule has 3 aromatic rings. The van der Waals surface area contributed by atoms with Gasteiger partial charge in [0.25, 0.3) is 5.56 Å². The summed E-state index contributed by atoms with van der Waals surface area (Å²) in [5.41, 5.74) is 0.489. The maximum Gasteiger partial charge on any atom is 0.387 e. The number of benzene rings is 2. The highest BCUT2D eigenvalue weighted by atomic mass is 19.3. The normalized spacial score (nSPS) is 11.2. The Morgan fingerprint density at radius 3 is 2.76 bits per heavy atom. The smallest absolute Gasteiger partial charge is 0.387 e. The predicted molar refractivity (Wildman–Crippen MR) is 98.6 cm³/mol. The van der Waals surface area contributed by atoms with E-state index in [1.807, 2.05) is 0 Å². The lowest BCUT2D eigenvalue weighted by Crippen LogP contribution is -2.26. The second-order valence-corrected chi connectivity index (χ2v) is 5.63. The van der Waals surface area contributed by atoms with Gasteiger partial charge in [0.15, 0.2) is 18.2 Å². The number of hydrogen-bond acceptors (Lipinski definition) is 7. The third-order valence-electron chi connectivity index (χ3n) is 3.77. The van der Waals surface area contributed by atoms with E-state index in [0.29, 0.717) is 16.5 Å². The molecular weight excluding hydrogens is 388 g/mol. The van der Waals surface area contributed by atoms with Crippen molar-refractivity contribution in [3.05, 3.63) is 64.5 Å². The number of fused-ring (bicyclic) bond motifs is 1. The van der Waals surface area contributed by atoms with Crippen molar-refractivity contribution in [2.45, 2.75) is 13.3 Å². The van der Waals surface area contributed by atoms with Crippen LogP contribution in [0.25, 0.3) is 17.0 Å². The first kappa shape index (κ1) is 19.9. The van der Waals surface area contributed by atoms with E-state index in [1.165, 1.54) is 31.4 Å². The van der Waals surface area contributed by atoms with Gasteiger partial charge < -0.3 is 14.2 Å². The summed E-state index contributed by atoms with van der Waals surface area (Å²) in [7, 11) is 1.30. The van der Waals surface area contributed by atoms with Crippen molar-refractivity contribution in [1.29, 1.82) is 0 Å². The molecule has 0 aliphatic rings. The lowest BCUT2D eigenvalue weighted by atomic mass is 10.2. The summed E-state index contributed by atoms with van der Waals surface area (Å²) >= 11 is 0. The zero-order valence-electron chi connectivity index (χ0n) is 15.1. The number of ether oxygens (including phenoxy) is 3. The highest BCUT2D eigenvalue weighted by Gasteiger charge is 2.11. The molecule has 2 aromatic carbocycles. The first-order valence-corrected chi connectivity index (χ1v) is 8.28. The van der Waals surface area contributed by atoms with Crippen molar-refractivity contribution in [1.82, 2.24) is 15.0 Å². The fraction of sp³-hybridized carbons (Fsp3) is 0.158. The van der Waals surface area contributed by atoms with Crippen LogP contribution in [0.5, 0.6) is 11.5 Å². The van der Waals surface area contributed by atoms with Gasteiger partial charge in [0.05, 0.1) is 12.5 Å². The van der Waals surface area contributed by atoms with E-state index in [9.17, 15) is 18.4 Å². The molecule has 0 aliphatic heterocycles. The van der Waals surface area contributed by atoms with Gasteiger partial charge in [0, 0.05) is 6.08 Å². The van der Waals surface area contributed by atoms with Crippen LogP contribution >= 0.6 is 0 Å². The molecule has 0 N–H and O–H groups in total. The number of aromatic nitrogens is 3. The summed E-state index contributed by atoms with van der Waals surface area (Å²) in [6, 6.07) is 10.8. The van der Waals surface area contributed by atoms with Gasteiger partial charge >= 0.3 is 12.6 Å². The van der Waals surface area contributed by atoms with Crippen molar-refractivity contribution in [2.24, 2.45) is 0 Å². The molecule has 8 nitrogen and oxygen atoms in total. The SMILES string of the molecule is COc1cc(C=CC(=O)OCn2nnc3ccccc3c2=O)ccc1OC(F)F. The molecule has 1 aromatic heterocycles. The molecule has 29 heavy (non-hydrogen) atoms. The number of nitrogens with zero attached hydrogens (tertiary/aromatic N) is 3. The molecule has 0 fully saturated rings. The molecule has 0 amide bonds. The number of rotatable bonds is 7. The van der Waals surface area contributed by atoms with Gasteiger partial charge in [-0.2, -0.15) is 13.5 Å². The van der Waals surface area contributed by atoms with Gasteiger partial charge in [-0.3, -0.25) is 4.79 Å². The molecule has 0 bridgehead atoms. The van der Waals surface area contributed by atoms with Crippen molar-refractivity contribution in [3.8, 4) is 11.5 Å². The van der Waals surface area contributed by atoms with Gasteiger partial charge in [0.1, 0.15) is 5.52 Å². The Bertz CT molecular complexity index is 1110. The number of halogens is 2. The Kier molecular flexibility index (Phi) is 6.12. The van der Waals surface area contributed by atoms with E-state index >= 15 is 0 Å². The molecule has 10 heteroatoms. The van der Waals surface area contributed by atoms with Crippen LogP contribution in [-0.2, 0) is 16.3 Å². The molecule has 0 saturated carbocycles. The molecule has 0 aliphatic carbocycles. The minimum atomic E-state index is -2.98. The van der Waals surface area contributed by atoms with Crippen LogP contribution in [0.3, 0.4) is 0 Å². The molecule has 0 unspecified atom stereocenters. The number of carbonyl (C=O) groups is 1. The molecule has 0 atom stereocenters. The Hall–Kier alpha value is -3.82. The average Bonchev–Trinajstić information content (AvgIpc) is 2.72. The first-order valence-electron chi connectivity index (χ1n) is 8.28. The Labute approximate surface area is 162 Å². The Balaban J connectivity index is 1.66. The van der Waals surface area contributed by atoms with Crippen LogP contribution < -0.4 is 15.0 Å². The summed E-state index contributed by atoms with van der Waals surface area (Å²) in [5.74, 6) is -0.783. The van der Waals surface area contributed by atoms with Crippen LogP contribution in [0.15, 0.2) is 53.3 Å². The number of esters is 1. The van der Waals surface area contributed by atoms with E-state index in [2.05, 4.69) is 15.0 Å². The summed E-state index contributed by atoms with van der Waals surface area (Å²) in [6.45, 7) is -3.40. The quantitative estimate of drug-likeness (QED) is 0.442. The van der Waals surface area contributed by atoms with E-state index in [-0.39, 0.29) is 11.5 Å². The average molecular weight is 403 g/mol. The van der Waals surface area contributed by atoms with Crippen molar-refractivity contribution < 1.29 is 27.8 Å². The van der Waals surface area contributed by atoms with E-state index in [4.69, 9.17) is 9.47 Å². The summed E-state index contributed by atoms with van der Waals surface area (Å²) < 4.78 is 39.9. The number of methoxy groups -OCH3 is 1. The van der Waals surface area contributed by atoms with E-state index < -0.39 is 24.9 Å². The summed E-state index contributed by atoms with van der Waals surface area (Å²) in [6.07, 6.45) is 2.51. The second-order valence-electron chi connectivity index (χ2n) is 5.63. The van der Waals surface area contributed by atoms with Gasteiger partial charge in [-0.1, -0.05) is 23.4 Å². The third kappa shape index (κ3) is 4.92. The number of alkyl halides is 2. The van der Waals surface area contributed by atoms with Crippen molar-refractivity contribution in [3.63, 3.8) is 0 Å². The van der Waals surface area contributed by atoms with Crippen LogP contribution in [0.4, 0.5) is 8.78 Å². The standard InChI is InChI=1S/C19H15F2N3O5/c1-27-16-10-12(6-8-15(16)29-19(20)21)7-9-17(25)28-11-24-18(26)13-4-2-3-5-14(13)22-23-24/h2-10,19H,11H2,1H3. The maximum atomic E-state index is 12.3. The largest absolute Gasteiger partial charge is 0.493 e. The molecule has 150 valence electrons. The minimum absolute atomic E-state index is 0.0822. The Morgan fingerprint density at radius 1 is 1.21 bits per heavy atom. The number of carbonyl (C=O) groups excluding carboxylic acids is 1. The van der Waals surface area contributed by atoms with Crippen LogP contribution in [0, 0.1) is 0 Å². The van der Waals surface area contributed by atoms with Crippen molar-refractivity contribution in [2.75, 3.05) is 7.11 Å². The summed E-state index contributed by atoms with van der Waals surface area (Å²) in [4.78, 5) is 24.2. The molecule has 3 rings (SSSR count). The molecule has 0 saturated heterocycles. The zero-order chi connectivity index (χ0) is 20.8. The van der Waals surface area contributed by atoms with Crippen LogP contribution in [-0.4, -0.2) is 34.7 Å². The monoisotopic (exact) mass is 403 g/mol. The fourth-order valence-electron chi connectivity index (χ4n) is 2.43. The zero-order valence-corrected chi connectivity index (χ0v) is 15.1. The van der Waals surface area contributed by atoms with Crippen molar-refractivity contribution >= 4 is 22.9 Å². The molecule has 0 spiro atoms. The molecule has 1 heterocycles. The maximum absolute atomic E-state index is 12.3. The fourth-order valence-corrected chi connectivity index (χ4v) is 2.43. The van der Waals surface area contributed by atoms with Crippen LogP contribution in [0.1, 0.15) is 5.56 Å². The van der Waals surface area contributed by atoms with Gasteiger partial charge in [0.2, 0.25) is 0 Å². The highest BCUT2D eigenvalue weighted by Crippen LogP contribution is 2.29. The van der Waals surface area contributed by atoms with Crippen LogP contribution in [0.2, 0.25) is 0 Å². The number of hydrogen-bond donors (Lipinski definition) is 0. The third-order valence-corrected chi connectivity index (χ3v) is 3.77. The van der Waals surface area contributed by atoms with Gasteiger partial charge in [-0.15, -0.1) is 5.10 Å². The van der Waals surface area contributed by atoms with E-state index in [0.717, 1.165) is 10.8 Å². The molecular formula is C19H15F2N3O5. The minimum Gasteiger partial charge on any atom is -0.493 e. The Morgan fingerprint density at radius 2 is 2.00 bits per heavy atom. The lowest BCUT2D eigenvalue weighted by molar-refractivity contribution is -0.141. The van der Waals surface area contributed by atoms with Gasteiger partial charge in [-0.25, -0.2) is 4.79 Å². The predicted octanol–water partition coefficient (Wildman–Crippen LogP) is 2.62. The first-order chi connectivity index (χ1) is 14.0. The second kappa shape index (κ2) is 8.91. The summed E-state index contributed by atoms with van der Waals surface area (Å²) in [5, 5.41) is 7.95. The van der Waals surface area contributed by atoms with E-state index in [1.54, 1.807) is 24.3 Å². The lowest BCUT2D eigenvalue weighted by Gasteiger charge is -2.10. The highest BCUT2D eigenvalue weighted by molar-refractivity contribution is 5.87. The molecule has 0 radical (unpaired) electrons. The topological polar surface area (TPSA) is 92.5 Å².